The largest absolute Gasteiger partial charge is 0.492 e. The SMILES string of the molecule is CC(C)CS(=O)(=O)C1CN(S(=O)(=O)CCOc2ccccc2)C1. The van der Waals surface area contributed by atoms with Crippen molar-refractivity contribution >= 4 is 19.9 Å². The van der Waals surface area contributed by atoms with Crippen molar-refractivity contribution in [1.29, 1.82) is 0 Å². The van der Waals surface area contributed by atoms with Crippen molar-refractivity contribution in [3.05, 3.63) is 30.3 Å². The number of benzene rings is 1. The van der Waals surface area contributed by atoms with E-state index >= 15 is 0 Å². The molecule has 1 aliphatic heterocycles. The number of para-hydroxylation sites is 1. The topological polar surface area (TPSA) is 80.8 Å². The van der Waals surface area contributed by atoms with E-state index in [1.807, 2.05) is 32.0 Å². The Morgan fingerprint density at radius 2 is 1.74 bits per heavy atom. The van der Waals surface area contributed by atoms with E-state index in [1.165, 1.54) is 4.31 Å². The van der Waals surface area contributed by atoms with Crippen molar-refractivity contribution in [3.8, 4) is 5.75 Å². The molecule has 130 valence electrons. The second-order valence-corrected chi connectivity index (χ2v) is 10.6. The average molecular weight is 361 g/mol. The summed E-state index contributed by atoms with van der Waals surface area (Å²) in [4.78, 5) is 0. The van der Waals surface area contributed by atoms with Gasteiger partial charge in [-0.05, 0) is 18.1 Å². The van der Waals surface area contributed by atoms with Gasteiger partial charge in [0, 0.05) is 13.1 Å². The Hall–Kier alpha value is -1.12. The smallest absolute Gasteiger partial charge is 0.217 e. The lowest BCUT2D eigenvalue weighted by atomic mass is 10.3. The molecule has 1 aromatic carbocycles. The Morgan fingerprint density at radius 3 is 2.30 bits per heavy atom. The van der Waals surface area contributed by atoms with Crippen molar-refractivity contribution in [2.24, 2.45) is 5.92 Å². The van der Waals surface area contributed by atoms with Crippen molar-refractivity contribution in [3.63, 3.8) is 0 Å². The highest BCUT2D eigenvalue weighted by Gasteiger charge is 2.42. The molecule has 0 spiro atoms. The van der Waals surface area contributed by atoms with Crippen LogP contribution < -0.4 is 4.74 Å². The van der Waals surface area contributed by atoms with E-state index in [0.29, 0.717) is 5.75 Å². The number of sulfonamides is 1. The Labute approximate surface area is 138 Å². The second-order valence-electron chi connectivity index (χ2n) is 6.14. The van der Waals surface area contributed by atoms with Gasteiger partial charge in [-0.25, -0.2) is 16.8 Å². The van der Waals surface area contributed by atoms with Crippen LogP contribution in [-0.4, -0.2) is 57.6 Å². The molecule has 0 N–H and O–H groups in total. The lowest BCUT2D eigenvalue weighted by Gasteiger charge is -2.37. The minimum absolute atomic E-state index is 0.0462. The summed E-state index contributed by atoms with van der Waals surface area (Å²) in [7, 11) is -6.69. The molecule has 8 heteroatoms. The predicted octanol–water partition coefficient (Wildman–Crippen LogP) is 1.15. The molecule has 1 aromatic rings. The first-order valence-corrected chi connectivity index (χ1v) is 10.9. The molecule has 1 saturated heterocycles. The van der Waals surface area contributed by atoms with Crippen LogP contribution in [-0.2, 0) is 19.9 Å². The zero-order valence-corrected chi connectivity index (χ0v) is 15.0. The van der Waals surface area contributed by atoms with Crippen LogP contribution in [0.1, 0.15) is 13.8 Å². The predicted molar refractivity (Wildman–Crippen MR) is 89.7 cm³/mol. The number of nitrogens with zero attached hydrogens (tertiary/aromatic N) is 1. The van der Waals surface area contributed by atoms with E-state index in [-0.39, 0.29) is 37.1 Å². The maximum absolute atomic E-state index is 12.1. The summed E-state index contributed by atoms with van der Waals surface area (Å²) >= 11 is 0. The minimum Gasteiger partial charge on any atom is -0.492 e. The van der Waals surface area contributed by atoms with Gasteiger partial charge in [-0.1, -0.05) is 32.0 Å². The standard InChI is InChI=1S/C15H23NO5S2/c1-13(2)12-22(17,18)15-10-16(11-15)23(19,20)9-8-21-14-6-4-3-5-7-14/h3-7,13,15H,8-12H2,1-2H3. The van der Waals surface area contributed by atoms with Gasteiger partial charge in [0.15, 0.2) is 9.84 Å². The molecule has 0 atom stereocenters. The molecule has 0 amide bonds. The summed E-state index contributed by atoms with van der Waals surface area (Å²) in [6, 6.07) is 8.98. The van der Waals surface area contributed by atoms with Crippen LogP contribution in [0.15, 0.2) is 30.3 Å². The minimum atomic E-state index is -3.47. The molecular weight excluding hydrogens is 338 g/mol. The molecule has 0 aliphatic carbocycles. The third-order valence-electron chi connectivity index (χ3n) is 3.63. The molecule has 1 fully saturated rings. The molecular formula is C15H23NO5S2. The Kier molecular flexibility index (Phi) is 5.70. The summed E-state index contributed by atoms with van der Waals surface area (Å²) in [5.41, 5.74) is 0. The molecule has 0 radical (unpaired) electrons. The fourth-order valence-corrected chi connectivity index (χ4v) is 5.94. The van der Waals surface area contributed by atoms with Gasteiger partial charge in [-0.15, -0.1) is 0 Å². The molecule has 0 unspecified atom stereocenters. The highest BCUT2D eigenvalue weighted by molar-refractivity contribution is 7.92. The maximum Gasteiger partial charge on any atom is 0.217 e. The lowest BCUT2D eigenvalue weighted by molar-refractivity contribution is 0.298. The number of ether oxygens (including phenoxy) is 1. The molecule has 1 heterocycles. The zero-order chi connectivity index (χ0) is 17.1. The Bertz CT molecular complexity index is 707. The third kappa shape index (κ3) is 4.92. The molecule has 0 aromatic heterocycles. The number of hydrogen-bond acceptors (Lipinski definition) is 5. The summed E-state index contributed by atoms with van der Waals surface area (Å²) in [6.07, 6.45) is 0. The van der Waals surface area contributed by atoms with Crippen LogP contribution in [0.25, 0.3) is 0 Å². The molecule has 0 bridgehead atoms. The van der Waals surface area contributed by atoms with E-state index in [4.69, 9.17) is 4.74 Å². The van der Waals surface area contributed by atoms with Crippen LogP contribution in [0.3, 0.4) is 0 Å². The van der Waals surface area contributed by atoms with Gasteiger partial charge in [0.2, 0.25) is 10.0 Å². The molecule has 23 heavy (non-hydrogen) atoms. The second kappa shape index (κ2) is 7.19. The Morgan fingerprint density at radius 1 is 1.13 bits per heavy atom. The van der Waals surface area contributed by atoms with Crippen LogP contribution in [0.2, 0.25) is 0 Å². The number of hydrogen-bond donors (Lipinski definition) is 0. The van der Waals surface area contributed by atoms with Crippen molar-refractivity contribution in [2.45, 2.75) is 19.1 Å². The summed E-state index contributed by atoms with van der Waals surface area (Å²) in [6.45, 7) is 3.84. The van der Waals surface area contributed by atoms with Gasteiger partial charge in [0.25, 0.3) is 0 Å². The van der Waals surface area contributed by atoms with E-state index < -0.39 is 25.1 Å². The molecule has 2 rings (SSSR count). The number of sulfone groups is 1. The summed E-state index contributed by atoms with van der Waals surface area (Å²) in [5.74, 6) is 0.607. The van der Waals surface area contributed by atoms with Crippen molar-refractivity contribution in [1.82, 2.24) is 4.31 Å². The zero-order valence-electron chi connectivity index (χ0n) is 13.4. The highest BCUT2D eigenvalue weighted by Crippen LogP contribution is 2.22. The van der Waals surface area contributed by atoms with Gasteiger partial charge < -0.3 is 4.74 Å². The van der Waals surface area contributed by atoms with Gasteiger partial charge in [0.05, 0.1) is 16.8 Å². The Balaban J connectivity index is 1.81. The normalized spacial score (nSPS) is 17.2. The average Bonchev–Trinajstić information content (AvgIpc) is 2.35. The van der Waals surface area contributed by atoms with E-state index in [1.54, 1.807) is 12.1 Å². The van der Waals surface area contributed by atoms with Crippen LogP contribution in [0.5, 0.6) is 5.75 Å². The van der Waals surface area contributed by atoms with E-state index in [0.717, 1.165) is 0 Å². The fourth-order valence-electron chi connectivity index (χ4n) is 2.37. The van der Waals surface area contributed by atoms with Crippen LogP contribution in [0.4, 0.5) is 0 Å². The highest BCUT2D eigenvalue weighted by atomic mass is 32.2. The third-order valence-corrected chi connectivity index (χ3v) is 7.85. The molecule has 0 saturated carbocycles. The first kappa shape index (κ1) is 18.2. The monoisotopic (exact) mass is 361 g/mol. The van der Waals surface area contributed by atoms with Crippen LogP contribution >= 0.6 is 0 Å². The van der Waals surface area contributed by atoms with E-state index in [2.05, 4.69) is 0 Å². The number of rotatable bonds is 8. The molecule has 1 aliphatic rings. The van der Waals surface area contributed by atoms with Gasteiger partial charge in [0.1, 0.15) is 12.4 Å². The van der Waals surface area contributed by atoms with E-state index in [9.17, 15) is 16.8 Å². The van der Waals surface area contributed by atoms with Gasteiger partial charge in [-0.3, -0.25) is 0 Å². The fraction of sp³-hybridized carbons (Fsp3) is 0.600. The summed E-state index contributed by atoms with van der Waals surface area (Å²) in [5, 5.41) is -0.574. The molecule has 6 nitrogen and oxygen atoms in total. The van der Waals surface area contributed by atoms with Crippen molar-refractivity contribution in [2.75, 3.05) is 31.2 Å². The van der Waals surface area contributed by atoms with Gasteiger partial charge >= 0.3 is 0 Å². The van der Waals surface area contributed by atoms with Crippen LogP contribution in [0, 0.1) is 5.92 Å². The first-order chi connectivity index (χ1) is 10.7. The maximum atomic E-state index is 12.1. The van der Waals surface area contributed by atoms with Crippen molar-refractivity contribution < 1.29 is 21.6 Å². The lowest BCUT2D eigenvalue weighted by Crippen LogP contribution is -2.58. The first-order valence-electron chi connectivity index (χ1n) is 7.58. The summed E-state index contributed by atoms with van der Waals surface area (Å²) < 4.78 is 55.0. The quantitative estimate of drug-likeness (QED) is 0.694. The van der Waals surface area contributed by atoms with Gasteiger partial charge in [-0.2, -0.15) is 4.31 Å².